The second-order valence-corrected chi connectivity index (χ2v) is 21.7. The van der Waals surface area contributed by atoms with Crippen molar-refractivity contribution in [2.75, 3.05) is 19.6 Å². The maximum Gasteiger partial charge on any atom is 0.251 e. The number of carbonyl (C=O) groups excluding carboxylic acids is 3. The van der Waals surface area contributed by atoms with Gasteiger partial charge in [0, 0.05) is 48.2 Å². The van der Waals surface area contributed by atoms with Crippen LogP contribution in [0, 0.1) is 0 Å². The fourth-order valence-electron chi connectivity index (χ4n) is 11.8. The number of hydrogen-bond acceptors (Lipinski definition) is 3. The number of unbranched alkanes of at least 4 members (excludes halogenated alkanes) is 33. The molecule has 71 heavy (non-hydrogen) atoms. The summed E-state index contributed by atoms with van der Waals surface area (Å²) in [7, 11) is 0. The first-order chi connectivity index (χ1) is 35.0. The van der Waals surface area contributed by atoms with Crippen LogP contribution in [0.15, 0.2) is 54.6 Å². The number of amides is 3. The summed E-state index contributed by atoms with van der Waals surface area (Å²) < 4.78 is 0. The molecule has 6 rings (SSSR count). The fourth-order valence-corrected chi connectivity index (χ4v) is 11.8. The second-order valence-electron chi connectivity index (χ2n) is 21.7. The van der Waals surface area contributed by atoms with Crippen molar-refractivity contribution in [1.29, 1.82) is 0 Å². The van der Waals surface area contributed by atoms with E-state index in [1.165, 1.54) is 193 Å². The van der Waals surface area contributed by atoms with Crippen molar-refractivity contribution in [3.8, 4) is 0 Å². The van der Waals surface area contributed by atoms with Crippen molar-refractivity contribution in [2.45, 2.75) is 264 Å². The highest BCUT2D eigenvalue weighted by molar-refractivity contribution is 6.02. The number of hydrogen-bond donors (Lipinski definition) is 3. The zero-order chi connectivity index (χ0) is 50.1. The maximum atomic E-state index is 14.4. The summed E-state index contributed by atoms with van der Waals surface area (Å²) in [5.74, 6) is -0.803. The Bertz CT molecular complexity index is 1750. The van der Waals surface area contributed by atoms with Gasteiger partial charge in [-0.3, -0.25) is 14.4 Å². The van der Waals surface area contributed by atoms with Crippen molar-refractivity contribution in [1.82, 2.24) is 16.0 Å². The summed E-state index contributed by atoms with van der Waals surface area (Å²) in [4.78, 5) is 43.2. The molecule has 3 aliphatic carbocycles. The Labute approximate surface area is 434 Å². The van der Waals surface area contributed by atoms with Crippen LogP contribution in [0.2, 0.25) is 0 Å². The van der Waals surface area contributed by atoms with Crippen LogP contribution in [0.1, 0.15) is 328 Å². The molecule has 3 aromatic carbocycles. The van der Waals surface area contributed by atoms with Gasteiger partial charge in [-0.1, -0.05) is 269 Å². The summed E-state index contributed by atoms with van der Waals surface area (Å²) >= 11 is 0. The monoisotopic (exact) mass is 972 g/mol. The molecule has 3 aromatic rings. The molecular formula is C65H101N3O3. The van der Waals surface area contributed by atoms with Gasteiger partial charge in [-0.2, -0.15) is 0 Å². The molecule has 0 heterocycles. The lowest BCUT2D eigenvalue weighted by atomic mass is 9.58. The van der Waals surface area contributed by atoms with Gasteiger partial charge in [0.25, 0.3) is 17.7 Å². The molecule has 6 heteroatoms. The van der Waals surface area contributed by atoms with Crippen molar-refractivity contribution in [2.24, 2.45) is 0 Å². The summed E-state index contributed by atoms with van der Waals surface area (Å²) in [6, 6.07) is 18.5. The highest BCUT2D eigenvalue weighted by atomic mass is 16.2. The van der Waals surface area contributed by atoms with Crippen molar-refractivity contribution >= 4 is 17.7 Å². The van der Waals surface area contributed by atoms with E-state index in [1.807, 2.05) is 36.4 Å². The van der Waals surface area contributed by atoms with E-state index in [4.69, 9.17) is 0 Å². The van der Waals surface area contributed by atoms with Crippen LogP contribution in [-0.2, 0) is 0 Å². The molecule has 3 N–H and O–H groups in total. The molecule has 0 saturated carbocycles. The summed E-state index contributed by atoms with van der Waals surface area (Å²) in [6.45, 7) is 8.75. The third-order valence-electron chi connectivity index (χ3n) is 15.9. The van der Waals surface area contributed by atoms with Gasteiger partial charge in [0.05, 0.1) is 0 Å². The molecule has 0 aliphatic heterocycles. The van der Waals surface area contributed by atoms with Gasteiger partial charge < -0.3 is 16.0 Å². The highest BCUT2D eigenvalue weighted by Gasteiger charge is 2.46. The molecular weight excluding hydrogens is 871 g/mol. The van der Waals surface area contributed by atoms with Crippen molar-refractivity contribution < 1.29 is 14.4 Å². The van der Waals surface area contributed by atoms with Crippen LogP contribution in [0.4, 0.5) is 0 Å². The third-order valence-corrected chi connectivity index (χ3v) is 15.9. The van der Waals surface area contributed by atoms with Gasteiger partial charge in [-0.15, -0.1) is 0 Å². The van der Waals surface area contributed by atoms with E-state index in [9.17, 15) is 14.4 Å². The smallest absolute Gasteiger partial charge is 0.251 e. The molecule has 0 atom stereocenters. The molecule has 0 saturated heterocycles. The Morgan fingerprint density at radius 3 is 0.732 bits per heavy atom. The fraction of sp³-hybridized carbons (Fsp3) is 0.677. The van der Waals surface area contributed by atoms with Crippen LogP contribution < -0.4 is 16.0 Å². The van der Waals surface area contributed by atoms with E-state index in [2.05, 4.69) is 54.9 Å². The molecule has 3 amide bonds. The molecule has 6 nitrogen and oxygen atoms in total. The first kappa shape index (κ1) is 58.0. The Morgan fingerprint density at radius 2 is 0.507 bits per heavy atom. The predicted molar refractivity (Wildman–Crippen MR) is 301 cm³/mol. The lowest BCUT2D eigenvalue weighted by Gasteiger charge is -2.44. The largest absolute Gasteiger partial charge is 0.352 e. The van der Waals surface area contributed by atoms with E-state index in [0.29, 0.717) is 36.3 Å². The minimum absolute atomic E-state index is 0.0663. The zero-order valence-electron chi connectivity index (χ0n) is 45.7. The molecule has 394 valence electrons. The minimum Gasteiger partial charge on any atom is -0.352 e. The average molecular weight is 973 g/mol. The van der Waals surface area contributed by atoms with Gasteiger partial charge in [0.2, 0.25) is 0 Å². The number of carbonyl (C=O) groups is 3. The van der Waals surface area contributed by atoms with E-state index in [-0.39, 0.29) is 23.6 Å². The summed E-state index contributed by atoms with van der Waals surface area (Å²) in [6.07, 6.45) is 46.0. The summed E-state index contributed by atoms with van der Waals surface area (Å²) in [5, 5.41) is 9.91. The third kappa shape index (κ3) is 19.1. The average Bonchev–Trinajstić information content (AvgIpc) is 3.39. The molecule has 0 unspecified atom stereocenters. The van der Waals surface area contributed by atoms with Crippen LogP contribution in [0.5, 0.6) is 0 Å². The lowest BCUT2D eigenvalue weighted by molar-refractivity contribution is 0.0945. The molecule has 0 radical (unpaired) electrons. The summed E-state index contributed by atoms with van der Waals surface area (Å²) in [5.41, 5.74) is 8.15. The van der Waals surface area contributed by atoms with E-state index in [0.717, 1.165) is 71.9 Å². The Morgan fingerprint density at radius 1 is 0.296 bits per heavy atom. The van der Waals surface area contributed by atoms with E-state index >= 15 is 0 Å². The lowest BCUT2D eigenvalue weighted by Crippen LogP contribution is -2.37. The highest BCUT2D eigenvalue weighted by Crippen LogP contribution is 2.58. The Balaban J connectivity index is 1.23. The first-order valence-electron chi connectivity index (χ1n) is 30.3. The van der Waals surface area contributed by atoms with Crippen LogP contribution in [-0.4, -0.2) is 37.4 Å². The molecule has 2 bridgehead atoms. The van der Waals surface area contributed by atoms with Gasteiger partial charge in [-0.05, 0) is 70.8 Å². The Hall–Kier alpha value is -3.93. The molecule has 3 aliphatic rings. The minimum atomic E-state index is -0.421. The van der Waals surface area contributed by atoms with Crippen LogP contribution in [0.25, 0.3) is 0 Å². The topological polar surface area (TPSA) is 87.3 Å². The Kier molecular flexibility index (Phi) is 28.8. The number of benzene rings is 3. The first-order valence-corrected chi connectivity index (χ1v) is 30.3. The maximum absolute atomic E-state index is 14.4. The zero-order valence-corrected chi connectivity index (χ0v) is 45.7. The predicted octanol–water partition coefficient (Wildman–Crippen LogP) is 18.0. The quantitative estimate of drug-likeness (QED) is 0.0341. The normalized spacial score (nSPS) is 14.2. The van der Waals surface area contributed by atoms with Gasteiger partial charge in [0.15, 0.2) is 0 Å². The van der Waals surface area contributed by atoms with Gasteiger partial charge >= 0.3 is 0 Å². The number of rotatable bonds is 42. The standard InChI is InChI=1S/C65H101N3O3/c1-4-7-10-13-16-19-22-25-28-31-34-37-49-66-63(69)55-46-40-43-52-58-53-44-41-47-56(64(70)67-50-38-35-32-29-26-23-20-17-14-11-8-5-2)60(53)62(59(52)55)61-54(58)45-42-48-57(61)65(71)68-51-39-36-33-30-27-24-21-18-15-12-9-6-3/h40-48,58,62H,4-39,49-51H2,1-3H3,(H,66,69)(H,67,70)(H,68,71). The second kappa shape index (κ2) is 35.3. The van der Waals surface area contributed by atoms with Gasteiger partial charge in [-0.25, -0.2) is 0 Å². The molecule has 0 fully saturated rings. The number of nitrogens with one attached hydrogen (secondary N) is 3. The van der Waals surface area contributed by atoms with Crippen LogP contribution >= 0.6 is 0 Å². The van der Waals surface area contributed by atoms with Crippen LogP contribution in [0.3, 0.4) is 0 Å². The van der Waals surface area contributed by atoms with E-state index < -0.39 is 5.92 Å². The molecule has 0 spiro atoms. The van der Waals surface area contributed by atoms with Crippen molar-refractivity contribution in [3.63, 3.8) is 0 Å². The van der Waals surface area contributed by atoms with Gasteiger partial charge in [0.1, 0.15) is 0 Å². The van der Waals surface area contributed by atoms with E-state index in [1.54, 1.807) is 0 Å². The van der Waals surface area contributed by atoms with Crippen molar-refractivity contribution in [3.05, 3.63) is 105 Å². The molecule has 0 aromatic heterocycles. The SMILES string of the molecule is CCCCCCCCCCCCCCNC(=O)c1cccc2c1C1c3c(C(=O)NCCCCCCCCCCCCCC)cccc3C2c2cccc(C(=O)NCCCCCCCCCCCCCC)c21.